The zero-order chi connectivity index (χ0) is 11.4. The molecule has 1 saturated carbocycles. The number of anilines is 2. The quantitative estimate of drug-likeness (QED) is 0.624. The number of hydrogen-bond acceptors (Lipinski definition) is 5. The predicted octanol–water partition coefficient (Wildman–Crippen LogP) is 2.31. The minimum atomic E-state index is 0.457. The fourth-order valence-corrected chi connectivity index (χ4v) is 3.13. The molecule has 0 radical (unpaired) electrons. The van der Waals surface area contributed by atoms with Gasteiger partial charge in [0, 0.05) is 11.8 Å². The van der Waals surface area contributed by atoms with Crippen LogP contribution >= 0.6 is 11.8 Å². The summed E-state index contributed by atoms with van der Waals surface area (Å²) < 4.78 is 0. The maximum atomic E-state index is 5.62. The van der Waals surface area contributed by atoms with E-state index in [0.717, 1.165) is 11.7 Å². The monoisotopic (exact) mass is 238 g/mol. The first-order valence-corrected chi connectivity index (χ1v) is 6.75. The van der Waals surface area contributed by atoms with Crippen LogP contribution < -0.4 is 11.5 Å². The van der Waals surface area contributed by atoms with E-state index in [1.54, 1.807) is 17.8 Å². The van der Waals surface area contributed by atoms with E-state index in [9.17, 15) is 0 Å². The van der Waals surface area contributed by atoms with E-state index in [4.69, 9.17) is 11.5 Å². The molecule has 0 saturated heterocycles. The van der Waals surface area contributed by atoms with Crippen molar-refractivity contribution in [2.24, 2.45) is 5.92 Å². The zero-order valence-corrected chi connectivity index (χ0v) is 10.2. The van der Waals surface area contributed by atoms with E-state index in [-0.39, 0.29) is 0 Å². The number of nitrogens with two attached hydrogens (primary N) is 2. The molecule has 0 atom stereocenters. The molecule has 0 aliphatic heterocycles. The molecule has 1 aromatic heterocycles. The number of thioether (sulfide) groups is 1. The molecule has 1 aliphatic carbocycles. The van der Waals surface area contributed by atoms with E-state index in [1.807, 2.05) is 0 Å². The van der Waals surface area contributed by atoms with Crippen LogP contribution in [-0.2, 0) is 0 Å². The van der Waals surface area contributed by atoms with Crippen molar-refractivity contribution in [3.8, 4) is 0 Å². The van der Waals surface area contributed by atoms with Crippen molar-refractivity contribution < 1.29 is 0 Å². The van der Waals surface area contributed by atoms with E-state index < -0.39 is 0 Å². The van der Waals surface area contributed by atoms with Gasteiger partial charge in [0.15, 0.2) is 5.16 Å². The van der Waals surface area contributed by atoms with Crippen LogP contribution in [0.4, 0.5) is 11.6 Å². The van der Waals surface area contributed by atoms with Crippen molar-refractivity contribution in [3.05, 3.63) is 6.07 Å². The minimum Gasteiger partial charge on any atom is -0.383 e. The summed E-state index contributed by atoms with van der Waals surface area (Å²) in [7, 11) is 0. The topological polar surface area (TPSA) is 77.8 Å². The SMILES string of the molecule is Nc1cc(N)nc(SCC2CCCCC2)n1. The molecule has 4 nitrogen and oxygen atoms in total. The normalized spacial score (nSPS) is 17.5. The summed E-state index contributed by atoms with van der Waals surface area (Å²) >= 11 is 1.67. The summed E-state index contributed by atoms with van der Waals surface area (Å²) in [6.45, 7) is 0. The lowest BCUT2D eigenvalue weighted by molar-refractivity contribution is 0.391. The summed E-state index contributed by atoms with van der Waals surface area (Å²) in [4.78, 5) is 8.34. The minimum absolute atomic E-state index is 0.457. The molecule has 1 fully saturated rings. The second-order valence-corrected chi connectivity index (χ2v) is 5.30. The molecular weight excluding hydrogens is 220 g/mol. The van der Waals surface area contributed by atoms with Crippen molar-refractivity contribution in [2.75, 3.05) is 17.2 Å². The summed E-state index contributed by atoms with van der Waals surface area (Å²) in [6.07, 6.45) is 6.80. The molecule has 1 aromatic rings. The zero-order valence-electron chi connectivity index (χ0n) is 9.35. The molecule has 5 heteroatoms. The van der Waals surface area contributed by atoms with Gasteiger partial charge in [0.2, 0.25) is 0 Å². The van der Waals surface area contributed by atoms with E-state index in [0.29, 0.717) is 16.8 Å². The highest BCUT2D eigenvalue weighted by atomic mass is 32.2. The number of nitrogens with zero attached hydrogens (tertiary/aromatic N) is 2. The second kappa shape index (κ2) is 5.39. The Morgan fingerprint density at radius 3 is 2.38 bits per heavy atom. The molecule has 1 heterocycles. The average Bonchev–Trinajstić information content (AvgIpc) is 2.27. The number of hydrogen-bond donors (Lipinski definition) is 2. The third kappa shape index (κ3) is 3.27. The Morgan fingerprint density at radius 1 is 1.12 bits per heavy atom. The Balaban J connectivity index is 1.88. The van der Waals surface area contributed by atoms with Crippen molar-refractivity contribution in [2.45, 2.75) is 37.3 Å². The largest absolute Gasteiger partial charge is 0.383 e. The predicted molar refractivity (Wildman–Crippen MR) is 68.2 cm³/mol. The highest BCUT2D eigenvalue weighted by molar-refractivity contribution is 7.99. The van der Waals surface area contributed by atoms with E-state index >= 15 is 0 Å². The first-order chi connectivity index (χ1) is 7.74. The molecule has 4 N–H and O–H groups in total. The van der Waals surface area contributed by atoms with Gasteiger partial charge in [-0.3, -0.25) is 0 Å². The molecule has 0 bridgehead atoms. The van der Waals surface area contributed by atoms with Gasteiger partial charge in [-0.1, -0.05) is 31.0 Å². The van der Waals surface area contributed by atoms with E-state index in [1.165, 1.54) is 32.1 Å². The highest BCUT2D eigenvalue weighted by Gasteiger charge is 2.14. The van der Waals surface area contributed by atoms with Crippen LogP contribution in [0.15, 0.2) is 11.2 Å². The van der Waals surface area contributed by atoms with Crippen LogP contribution in [0.5, 0.6) is 0 Å². The standard InChI is InChI=1S/C11H18N4S/c12-9-6-10(13)15-11(14-9)16-7-8-4-2-1-3-5-8/h6,8H,1-5,7H2,(H4,12,13,14,15). The lowest BCUT2D eigenvalue weighted by Gasteiger charge is -2.20. The Morgan fingerprint density at radius 2 is 1.75 bits per heavy atom. The van der Waals surface area contributed by atoms with Gasteiger partial charge in [0.25, 0.3) is 0 Å². The average molecular weight is 238 g/mol. The van der Waals surface area contributed by atoms with Gasteiger partial charge in [-0.25, -0.2) is 9.97 Å². The molecule has 0 unspecified atom stereocenters. The van der Waals surface area contributed by atoms with Gasteiger partial charge in [-0.2, -0.15) is 0 Å². The fourth-order valence-electron chi connectivity index (χ4n) is 2.07. The fraction of sp³-hybridized carbons (Fsp3) is 0.636. The van der Waals surface area contributed by atoms with Crippen molar-refractivity contribution >= 4 is 23.4 Å². The smallest absolute Gasteiger partial charge is 0.191 e. The summed E-state index contributed by atoms with van der Waals surface area (Å²) in [6, 6.07) is 1.59. The van der Waals surface area contributed by atoms with Crippen molar-refractivity contribution in [1.29, 1.82) is 0 Å². The Hall–Kier alpha value is -0.970. The third-order valence-electron chi connectivity index (χ3n) is 2.92. The van der Waals surface area contributed by atoms with Crippen LogP contribution in [-0.4, -0.2) is 15.7 Å². The first kappa shape index (κ1) is 11.5. The van der Waals surface area contributed by atoms with Crippen LogP contribution in [0.2, 0.25) is 0 Å². The Bertz CT molecular complexity index is 330. The molecule has 88 valence electrons. The molecule has 16 heavy (non-hydrogen) atoms. The first-order valence-electron chi connectivity index (χ1n) is 5.77. The molecule has 1 aliphatic rings. The summed E-state index contributed by atoms with van der Waals surface area (Å²) in [5.74, 6) is 2.81. The van der Waals surface area contributed by atoms with Crippen LogP contribution in [0, 0.1) is 5.92 Å². The van der Waals surface area contributed by atoms with Crippen LogP contribution in [0.25, 0.3) is 0 Å². The number of aromatic nitrogens is 2. The Kier molecular flexibility index (Phi) is 3.88. The molecule has 0 aromatic carbocycles. The lowest BCUT2D eigenvalue weighted by atomic mass is 9.91. The van der Waals surface area contributed by atoms with Crippen molar-refractivity contribution in [3.63, 3.8) is 0 Å². The van der Waals surface area contributed by atoms with Crippen LogP contribution in [0.1, 0.15) is 32.1 Å². The van der Waals surface area contributed by atoms with Gasteiger partial charge in [-0.15, -0.1) is 0 Å². The molecule has 0 amide bonds. The van der Waals surface area contributed by atoms with Crippen molar-refractivity contribution in [1.82, 2.24) is 9.97 Å². The van der Waals surface area contributed by atoms with Gasteiger partial charge >= 0.3 is 0 Å². The maximum absolute atomic E-state index is 5.62. The molecule has 0 spiro atoms. The van der Waals surface area contributed by atoms with Gasteiger partial charge in [-0.05, 0) is 18.8 Å². The summed E-state index contributed by atoms with van der Waals surface area (Å²) in [5.41, 5.74) is 11.2. The molecule has 2 rings (SSSR count). The summed E-state index contributed by atoms with van der Waals surface area (Å²) in [5, 5.41) is 0.711. The van der Waals surface area contributed by atoms with E-state index in [2.05, 4.69) is 9.97 Å². The lowest BCUT2D eigenvalue weighted by Crippen LogP contribution is -2.09. The maximum Gasteiger partial charge on any atom is 0.191 e. The Labute approximate surface area is 100 Å². The highest BCUT2D eigenvalue weighted by Crippen LogP contribution is 2.29. The second-order valence-electron chi connectivity index (χ2n) is 4.32. The van der Waals surface area contributed by atoms with Gasteiger partial charge in [0.1, 0.15) is 11.6 Å². The number of nitrogen functional groups attached to an aromatic ring is 2. The number of rotatable bonds is 3. The van der Waals surface area contributed by atoms with Crippen LogP contribution in [0.3, 0.4) is 0 Å². The van der Waals surface area contributed by atoms with Gasteiger partial charge < -0.3 is 11.5 Å². The van der Waals surface area contributed by atoms with Gasteiger partial charge in [0.05, 0.1) is 0 Å². The molecular formula is C11H18N4S. The third-order valence-corrected chi connectivity index (χ3v) is 4.00.